The van der Waals surface area contributed by atoms with Crippen LogP contribution in [0.2, 0.25) is 0 Å². The molecule has 1 aromatic rings. The van der Waals surface area contributed by atoms with Crippen LogP contribution in [-0.2, 0) is 9.53 Å². The minimum Gasteiger partial charge on any atom is -0.508 e. The molecule has 17 heavy (non-hydrogen) atoms. The Kier molecular flexibility index (Phi) is 5.27. The number of rotatable bonds is 5. The van der Waals surface area contributed by atoms with E-state index in [2.05, 4.69) is 4.74 Å². The van der Waals surface area contributed by atoms with E-state index in [4.69, 9.17) is 0 Å². The molecule has 0 heterocycles. The van der Waals surface area contributed by atoms with Crippen molar-refractivity contribution in [2.45, 2.75) is 25.7 Å². The summed E-state index contributed by atoms with van der Waals surface area (Å²) in [6.07, 6.45) is 5.28. The van der Waals surface area contributed by atoms with Gasteiger partial charge in [-0.25, -0.2) is 0 Å². The number of esters is 1. The lowest BCUT2D eigenvalue weighted by molar-refractivity contribution is -0.140. The fraction of sp³-hybridized carbons (Fsp3) is 0.357. The molecule has 0 unspecified atom stereocenters. The summed E-state index contributed by atoms with van der Waals surface area (Å²) in [6, 6.07) is 6.89. The van der Waals surface area contributed by atoms with E-state index in [1.807, 2.05) is 31.2 Å². The van der Waals surface area contributed by atoms with E-state index in [-0.39, 0.29) is 17.6 Å². The smallest absolute Gasteiger partial charge is 0.306 e. The molecule has 1 rings (SSSR count). The minimum absolute atomic E-state index is 0.00278. The number of carbonyl (C=O) groups excluding carboxylic acids is 1. The van der Waals surface area contributed by atoms with Gasteiger partial charge < -0.3 is 9.84 Å². The lowest BCUT2D eigenvalue weighted by Gasteiger charge is -2.12. The van der Waals surface area contributed by atoms with Crippen molar-refractivity contribution in [3.05, 3.63) is 42.0 Å². The first kappa shape index (κ1) is 13.3. The Labute approximate surface area is 102 Å². The van der Waals surface area contributed by atoms with Crippen LogP contribution in [-0.4, -0.2) is 18.2 Å². The van der Waals surface area contributed by atoms with Gasteiger partial charge >= 0.3 is 5.97 Å². The van der Waals surface area contributed by atoms with Gasteiger partial charge in [-0.05, 0) is 24.1 Å². The third kappa shape index (κ3) is 4.31. The van der Waals surface area contributed by atoms with E-state index in [1.165, 1.54) is 7.11 Å². The van der Waals surface area contributed by atoms with Gasteiger partial charge in [0, 0.05) is 5.92 Å². The number of benzene rings is 1. The topological polar surface area (TPSA) is 46.5 Å². The molecule has 0 spiro atoms. The molecule has 0 saturated carbocycles. The molecule has 0 aliphatic heterocycles. The van der Waals surface area contributed by atoms with Gasteiger partial charge in [0.05, 0.1) is 13.5 Å². The van der Waals surface area contributed by atoms with Crippen molar-refractivity contribution in [1.82, 2.24) is 0 Å². The number of ether oxygens (including phenoxy) is 1. The number of phenols is 1. The first-order chi connectivity index (χ1) is 8.17. The zero-order valence-electron chi connectivity index (χ0n) is 10.2. The van der Waals surface area contributed by atoms with Crippen LogP contribution in [0.1, 0.15) is 31.2 Å². The first-order valence-corrected chi connectivity index (χ1v) is 5.69. The highest BCUT2D eigenvalue weighted by atomic mass is 16.5. The monoisotopic (exact) mass is 234 g/mol. The van der Waals surface area contributed by atoms with E-state index < -0.39 is 0 Å². The van der Waals surface area contributed by atoms with Crippen molar-refractivity contribution < 1.29 is 14.6 Å². The van der Waals surface area contributed by atoms with Crippen LogP contribution < -0.4 is 0 Å². The fourth-order valence-corrected chi connectivity index (χ4v) is 1.58. The molecule has 0 aliphatic carbocycles. The molecular formula is C14H18O3. The molecule has 0 bridgehead atoms. The number of hydrogen-bond acceptors (Lipinski definition) is 3. The van der Waals surface area contributed by atoms with E-state index in [1.54, 1.807) is 12.1 Å². The second-order valence-corrected chi connectivity index (χ2v) is 3.81. The predicted molar refractivity (Wildman–Crippen MR) is 66.9 cm³/mol. The zero-order chi connectivity index (χ0) is 12.7. The Morgan fingerprint density at radius 3 is 2.59 bits per heavy atom. The van der Waals surface area contributed by atoms with Crippen LogP contribution in [0.4, 0.5) is 0 Å². The second kappa shape index (κ2) is 6.74. The normalized spacial score (nSPS) is 12.6. The third-order valence-electron chi connectivity index (χ3n) is 2.54. The number of aromatic hydroxyl groups is 1. The van der Waals surface area contributed by atoms with Gasteiger partial charge in [-0.15, -0.1) is 0 Å². The highest BCUT2D eigenvalue weighted by Gasteiger charge is 2.13. The van der Waals surface area contributed by atoms with Gasteiger partial charge in [0.25, 0.3) is 0 Å². The summed E-state index contributed by atoms with van der Waals surface area (Å²) >= 11 is 0. The Bertz CT molecular complexity index is 379. The summed E-state index contributed by atoms with van der Waals surface area (Å²) in [5.74, 6) is -0.00290. The molecule has 3 nitrogen and oxygen atoms in total. The zero-order valence-corrected chi connectivity index (χ0v) is 10.2. The van der Waals surface area contributed by atoms with E-state index in [9.17, 15) is 9.90 Å². The van der Waals surface area contributed by atoms with Gasteiger partial charge in [0.1, 0.15) is 5.75 Å². The van der Waals surface area contributed by atoms with Crippen LogP contribution in [0.3, 0.4) is 0 Å². The van der Waals surface area contributed by atoms with Crippen LogP contribution >= 0.6 is 0 Å². The maximum atomic E-state index is 11.3. The predicted octanol–water partition coefficient (Wildman–Crippen LogP) is 3.01. The van der Waals surface area contributed by atoms with Crippen molar-refractivity contribution in [1.29, 1.82) is 0 Å². The summed E-state index contributed by atoms with van der Waals surface area (Å²) in [5.41, 5.74) is 0.998. The molecule has 0 aliphatic rings. The number of hydrogen-bond donors (Lipinski definition) is 1. The first-order valence-electron chi connectivity index (χ1n) is 5.69. The van der Waals surface area contributed by atoms with Crippen molar-refractivity contribution in [2.75, 3.05) is 7.11 Å². The lowest BCUT2D eigenvalue weighted by atomic mass is 9.95. The highest BCUT2D eigenvalue weighted by molar-refractivity contribution is 5.70. The molecule has 92 valence electrons. The minimum atomic E-state index is -0.233. The molecule has 0 amide bonds. The summed E-state index contributed by atoms with van der Waals surface area (Å²) in [6.45, 7) is 2.04. The summed E-state index contributed by atoms with van der Waals surface area (Å²) < 4.78 is 4.68. The third-order valence-corrected chi connectivity index (χ3v) is 2.54. The quantitative estimate of drug-likeness (QED) is 0.629. The summed E-state index contributed by atoms with van der Waals surface area (Å²) in [7, 11) is 1.39. The van der Waals surface area contributed by atoms with Crippen molar-refractivity contribution in [3.8, 4) is 5.75 Å². The second-order valence-electron chi connectivity index (χ2n) is 3.81. The molecule has 1 atom stereocenters. The van der Waals surface area contributed by atoms with E-state index in [0.717, 1.165) is 12.0 Å². The van der Waals surface area contributed by atoms with Gasteiger partial charge in [-0.3, -0.25) is 4.79 Å². The van der Waals surface area contributed by atoms with Crippen molar-refractivity contribution >= 4 is 5.97 Å². The molecule has 0 fully saturated rings. The molecule has 0 saturated heterocycles. The Morgan fingerprint density at radius 2 is 2.06 bits per heavy atom. The van der Waals surface area contributed by atoms with E-state index in [0.29, 0.717) is 6.42 Å². The van der Waals surface area contributed by atoms with Crippen molar-refractivity contribution in [2.24, 2.45) is 0 Å². The van der Waals surface area contributed by atoms with E-state index >= 15 is 0 Å². The largest absolute Gasteiger partial charge is 0.508 e. The molecule has 3 heteroatoms. The number of methoxy groups -OCH3 is 1. The number of allylic oxidation sites excluding steroid dienone is 2. The summed E-state index contributed by atoms with van der Waals surface area (Å²) in [4.78, 5) is 11.3. The SMILES string of the molecule is CC/C=C\[C@H](CC(=O)OC)c1ccc(O)cc1. The fourth-order valence-electron chi connectivity index (χ4n) is 1.58. The summed E-state index contributed by atoms with van der Waals surface area (Å²) in [5, 5.41) is 9.23. The molecule has 1 aromatic carbocycles. The lowest BCUT2D eigenvalue weighted by Crippen LogP contribution is -2.06. The van der Waals surface area contributed by atoms with Crippen LogP contribution in [0, 0.1) is 0 Å². The average Bonchev–Trinajstić information content (AvgIpc) is 2.35. The number of phenolic OH excluding ortho intramolecular Hbond substituents is 1. The maximum Gasteiger partial charge on any atom is 0.306 e. The van der Waals surface area contributed by atoms with Gasteiger partial charge in [0.15, 0.2) is 0 Å². The van der Waals surface area contributed by atoms with Gasteiger partial charge in [-0.2, -0.15) is 0 Å². The average molecular weight is 234 g/mol. The Hall–Kier alpha value is -1.77. The molecular weight excluding hydrogens is 216 g/mol. The van der Waals surface area contributed by atoms with Crippen molar-refractivity contribution in [3.63, 3.8) is 0 Å². The molecule has 0 radical (unpaired) electrons. The Morgan fingerprint density at radius 1 is 1.41 bits per heavy atom. The molecule has 0 aromatic heterocycles. The van der Waals surface area contributed by atoms with Gasteiger partial charge in [-0.1, -0.05) is 31.2 Å². The van der Waals surface area contributed by atoms with Crippen LogP contribution in [0.5, 0.6) is 5.75 Å². The van der Waals surface area contributed by atoms with Crippen LogP contribution in [0.25, 0.3) is 0 Å². The highest BCUT2D eigenvalue weighted by Crippen LogP contribution is 2.24. The van der Waals surface area contributed by atoms with Gasteiger partial charge in [0.2, 0.25) is 0 Å². The maximum absolute atomic E-state index is 11.3. The van der Waals surface area contributed by atoms with Crippen LogP contribution in [0.15, 0.2) is 36.4 Å². The number of carbonyl (C=O) groups is 1. The standard InChI is InChI=1S/C14H18O3/c1-3-4-5-12(10-14(16)17-2)11-6-8-13(15)9-7-11/h4-9,12,15H,3,10H2,1-2H3/b5-4-/t12-/m1/s1. The Balaban J connectivity index is 2.85. The molecule has 1 N–H and O–H groups in total.